The maximum absolute atomic E-state index is 13.6. The quantitative estimate of drug-likeness (QED) is 0.364. The van der Waals surface area contributed by atoms with Gasteiger partial charge in [-0.15, -0.1) is 0 Å². The van der Waals surface area contributed by atoms with Crippen molar-refractivity contribution in [1.82, 2.24) is 9.40 Å². The Morgan fingerprint density at radius 2 is 1.62 bits per heavy atom. The maximum Gasteiger partial charge on any atom is 0.279 e. The number of aromatic nitrogens is 1. The van der Waals surface area contributed by atoms with Crippen LogP contribution in [-0.2, 0) is 10.0 Å². The minimum Gasteiger partial charge on any atom is -0.236 e. The Bertz CT molecular complexity index is 1440. The van der Waals surface area contributed by atoms with Crippen LogP contribution in [0.2, 0.25) is 5.15 Å². The Hall–Kier alpha value is -3.22. The molecule has 1 aromatic heterocycles. The second-order valence-electron chi connectivity index (χ2n) is 7.79. The Balaban J connectivity index is 1.66. The van der Waals surface area contributed by atoms with E-state index in [9.17, 15) is 8.42 Å². The minimum atomic E-state index is -3.89. The maximum atomic E-state index is 13.6. The molecule has 5 rings (SSSR count). The van der Waals surface area contributed by atoms with Crippen LogP contribution in [-0.4, -0.2) is 23.5 Å². The fourth-order valence-electron chi connectivity index (χ4n) is 3.95. The van der Waals surface area contributed by atoms with Crippen LogP contribution < -0.4 is 0 Å². The Labute approximate surface area is 192 Å². The third-order valence-corrected chi connectivity index (χ3v) is 7.58. The van der Waals surface area contributed by atoms with Gasteiger partial charge in [0.15, 0.2) is 0 Å². The molecule has 0 fully saturated rings. The number of hydrogen-bond acceptors (Lipinski definition) is 4. The summed E-state index contributed by atoms with van der Waals surface area (Å²) < 4.78 is 28.3. The second-order valence-corrected chi connectivity index (χ2v) is 9.94. The van der Waals surface area contributed by atoms with Crippen LogP contribution in [0.25, 0.3) is 10.9 Å². The monoisotopic (exact) mass is 461 g/mol. The third kappa shape index (κ3) is 3.66. The zero-order valence-corrected chi connectivity index (χ0v) is 18.9. The summed E-state index contributed by atoms with van der Waals surface area (Å²) in [7, 11) is -3.89. The van der Waals surface area contributed by atoms with Gasteiger partial charge < -0.3 is 0 Å². The number of hydrazone groups is 1. The van der Waals surface area contributed by atoms with Crippen LogP contribution in [0.4, 0.5) is 0 Å². The molecule has 4 aromatic rings. The first kappa shape index (κ1) is 20.7. The van der Waals surface area contributed by atoms with Crippen molar-refractivity contribution in [3.8, 4) is 0 Å². The molecule has 3 aromatic carbocycles. The molecule has 2 heterocycles. The molecule has 0 saturated carbocycles. The smallest absolute Gasteiger partial charge is 0.236 e. The van der Waals surface area contributed by atoms with E-state index in [1.807, 2.05) is 61.5 Å². The van der Waals surface area contributed by atoms with Gasteiger partial charge in [0.1, 0.15) is 5.15 Å². The van der Waals surface area contributed by atoms with Crippen LogP contribution in [0.1, 0.15) is 29.2 Å². The predicted octanol–water partition coefficient (Wildman–Crippen LogP) is 5.74. The summed E-state index contributed by atoms with van der Waals surface area (Å²) in [5.41, 5.74) is 4.06. The van der Waals surface area contributed by atoms with Gasteiger partial charge in [0, 0.05) is 17.4 Å². The molecule has 0 amide bonds. The number of pyridine rings is 1. The number of sulfonamides is 1. The van der Waals surface area contributed by atoms with Crippen molar-refractivity contribution >= 4 is 38.2 Å². The first-order chi connectivity index (χ1) is 15.4. The molecule has 0 bridgehead atoms. The van der Waals surface area contributed by atoms with Gasteiger partial charge in [-0.1, -0.05) is 72.3 Å². The molecule has 1 aliphatic heterocycles. The second kappa shape index (κ2) is 8.04. The standard InChI is InChI=1S/C25H20ClN3O2S/c1-17-12-13-19-15-21(25(26)27-22(19)14-17)24-16-23(18-8-4-2-5-9-18)28-29(24)32(30,31)20-10-6-3-7-11-20/h2-15,24H,16H2,1H3. The normalized spacial score (nSPS) is 16.4. The molecule has 0 spiro atoms. The minimum absolute atomic E-state index is 0.184. The lowest BCUT2D eigenvalue weighted by Crippen LogP contribution is -2.27. The van der Waals surface area contributed by atoms with E-state index in [0.29, 0.717) is 17.7 Å². The Kier molecular flexibility index (Phi) is 5.19. The molecule has 0 aliphatic carbocycles. The zero-order chi connectivity index (χ0) is 22.3. The van der Waals surface area contributed by atoms with Crippen molar-refractivity contribution in [2.24, 2.45) is 5.10 Å². The van der Waals surface area contributed by atoms with E-state index >= 15 is 0 Å². The first-order valence-electron chi connectivity index (χ1n) is 10.2. The summed E-state index contributed by atoms with van der Waals surface area (Å²) >= 11 is 6.61. The van der Waals surface area contributed by atoms with E-state index < -0.39 is 16.1 Å². The molecule has 0 radical (unpaired) electrons. The highest BCUT2D eigenvalue weighted by Crippen LogP contribution is 2.40. The molecule has 32 heavy (non-hydrogen) atoms. The lowest BCUT2D eigenvalue weighted by atomic mass is 9.99. The molecular formula is C25H20ClN3O2S. The van der Waals surface area contributed by atoms with Crippen LogP contribution >= 0.6 is 11.6 Å². The van der Waals surface area contributed by atoms with Crippen LogP contribution in [0.15, 0.2) is 94.9 Å². The number of halogens is 1. The number of hydrogen-bond donors (Lipinski definition) is 0. The van der Waals surface area contributed by atoms with Crippen LogP contribution in [0, 0.1) is 6.92 Å². The van der Waals surface area contributed by atoms with Gasteiger partial charge in [-0.3, -0.25) is 0 Å². The van der Waals surface area contributed by atoms with Crippen molar-refractivity contribution in [3.05, 3.63) is 107 Å². The van der Waals surface area contributed by atoms with Gasteiger partial charge in [-0.2, -0.15) is 17.9 Å². The number of rotatable bonds is 4. The summed E-state index contributed by atoms with van der Waals surface area (Å²) in [6.07, 6.45) is 0.398. The van der Waals surface area contributed by atoms with E-state index in [4.69, 9.17) is 11.6 Å². The van der Waals surface area contributed by atoms with Crippen LogP contribution in [0.3, 0.4) is 0 Å². The number of fused-ring (bicyclic) bond motifs is 1. The molecule has 0 saturated heterocycles. The summed E-state index contributed by atoms with van der Waals surface area (Å²) in [5, 5.41) is 5.76. The summed E-state index contributed by atoms with van der Waals surface area (Å²) in [6.45, 7) is 1.99. The van der Waals surface area contributed by atoms with Crippen molar-refractivity contribution in [2.75, 3.05) is 0 Å². The number of benzene rings is 3. The average molecular weight is 462 g/mol. The molecule has 160 valence electrons. The third-order valence-electron chi connectivity index (χ3n) is 5.58. The molecule has 1 atom stereocenters. The summed E-state index contributed by atoms with van der Waals surface area (Å²) in [5.74, 6) is 0. The highest BCUT2D eigenvalue weighted by atomic mass is 35.5. The number of nitrogens with zero attached hydrogens (tertiary/aromatic N) is 3. The first-order valence-corrected chi connectivity index (χ1v) is 12.0. The molecule has 1 unspecified atom stereocenters. The molecule has 0 N–H and O–H groups in total. The molecule has 7 heteroatoms. The van der Waals surface area contributed by atoms with E-state index in [1.165, 1.54) is 4.41 Å². The van der Waals surface area contributed by atoms with Gasteiger partial charge in [0.2, 0.25) is 0 Å². The van der Waals surface area contributed by atoms with Gasteiger partial charge in [0.25, 0.3) is 10.0 Å². The van der Waals surface area contributed by atoms with Crippen molar-refractivity contribution in [1.29, 1.82) is 0 Å². The van der Waals surface area contributed by atoms with Crippen LogP contribution in [0.5, 0.6) is 0 Å². The average Bonchev–Trinajstić information content (AvgIpc) is 3.26. The summed E-state index contributed by atoms with van der Waals surface area (Å²) in [4.78, 5) is 4.74. The highest BCUT2D eigenvalue weighted by molar-refractivity contribution is 7.89. The van der Waals surface area contributed by atoms with Gasteiger partial charge in [-0.25, -0.2) is 4.98 Å². The summed E-state index contributed by atoms with van der Waals surface area (Å²) in [6, 6.07) is 25.2. The van der Waals surface area contributed by atoms with Gasteiger partial charge in [0.05, 0.1) is 22.2 Å². The van der Waals surface area contributed by atoms with Gasteiger partial charge >= 0.3 is 0 Å². The van der Waals surface area contributed by atoms with Crippen molar-refractivity contribution in [3.63, 3.8) is 0 Å². The van der Waals surface area contributed by atoms with E-state index in [0.717, 1.165) is 22.0 Å². The topological polar surface area (TPSA) is 62.6 Å². The molecule has 1 aliphatic rings. The lowest BCUT2D eigenvalue weighted by molar-refractivity contribution is 0.371. The number of aryl methyl sites for hydroxylation is 1. The van der Waals surface area contributed by atoms with E-state index in [2.05, 4.69) is 10.1 Å². The highest BCUT2D eigenvalue weighted by Gasteiger charge is 2.39. The molecule has 5 nitrogen and oxygen atoms in total. The largest absolute Gasteiger partial charge is 0.279 e. The van der Waals surface area contributed by atoms with Crippen molar-refractivity contribution < 1.29 is 8.42 Å². The van der Waals surface area contributed by atoms with Crippen molar-refractivity contribution in [2.45, 2.75) is 24.3 Å². The lowest BCUT2D eigenvalue weighted by Gasteiger charge is -2.24. The predicted molar refractivity (Wildman–Crippen MR) is 127 cm³/mol. The van der Waals surface area contributed by atoms with E-state index in [-0.39, 0.29) is 10.0 Å². The fraction of sp³-hybridized carbons (Fsp3) is 0.120. The molecular weight excluding hydrogens is 442 g/mol. The zero-order valence-electron chi connectivity index (χ0n) is 17.3. The SMILES string of the molecule is Cc1ccc2cc(C3CC(c4ccccc4)=NN3S(=O)(=O)c3ccccc3)c(Cl)nc2c1. The Morgan fingerprint density at radius 1 is 0.938 bits per heavy atom. The Morgan fingerprint density at radius 3 is 2.34 bits per heavy atom. The van der Waals surface area contributed by atoms with Gasteiger partial charge in [-0.05, 0) is 42.3 Å². The van der Waals surface area contributed by atoms with E-state index in [1.54, 1.807) is 30.3 Å². The fourth-order valence-corrected chi connectivity index (χ4v) is 5.67.